The van der Waals surface area contributed by atoms with E-state index in [0.717, 1.165) is 17.7 Å². The number of carbonyl (C=O) groups excluding carboxylic acids is 3. The van der Waals surface area contributed by atoms with Crippen molar-refractivity contribution in [3.8, 4) is 0 Å². The molecule has 0 aliphatic heterocycles. The summed E-state index contributed by atoms with van der Waals surface area (Å²) in [6.07, 6.45) is 0.806. The third-order valence-corrected chi connectivity index (χ3v) is 5.59. The number of hydrogen-bond donors (Lipinski definition) is 2. The molecule has 0 fully saturated rings. The van der Waals surface area contributed by atoms with Crippen LogP contribution in [0.3, 0.4) is 0 Å². The lowest BCUT2D eigenvalue weighted by molar-refractivity contribution is -0.151. The van der Waals surface area contributed by atoms with Crippen LogP contribution in [-0.4, -0.2) is 42.7 Å². The topological polar surface area (TPSA) is 84.5 Å². The van der Waals surface area contributed by atoms with Gasteiger partial charge >= 0.3 is 5.97 Å². The molecule has 0 aromatic heterocycles. The van der Waals surface area contributed by atoms with Crippen molar-refractivity contribution in [1.29, 1.82) is 0 Å². The quantitative estimate of drug-likeness (QED) is 0.316. The third-order valence-electron chi connectivity index (χ3n) is 4.49. The second-order valence-corrected chi connectivity index (χ2v) is 8.71. The molecule has 1 atom stereocenters. The van der Waals surface area contributed by atoms with Crippen LogP contribution in [0.5, 0.6) is 0 Å². The van der Waals surface area contributed by atoms with Crippen LogP contribution in [0.2, 0.25) is 0 Å². The minimum absolute atomic E-state index is 0.181. The number of amides is 2. The van der Waals surface area contributed by atoms with E-state index in [9.17, 15) is 14.4 Å². The molecule has 0 spiro atoms. The summed E-state index contributed by atoms with van der Waals surface area (Å²) >= 11 is 1.73. The molecule has 166 valence electrons. The van der Waals surface area contributed by atoms with Gasteiger partial charge in [0.1, 0.15) is 6.04 Å². The van der Waals surface area contributed by atoms with E-state index < -0.39 is 12.0 Å². The zero-order chi connectivity index (χ0) is 22.6. The average molecular weight is 443 g/mol. The lowest BCUT2D eigenvalue weighted by Crippen LogP contribution is -2.46. The van der Waals surface area contributed by atoms with Gasteiger partial charge in [-0.3, -0.25) is 9.59 Å². The number of rotatable bonds is 11. The average Bonchev–Trinajstić information content (AvgIpc) is 2.76. The molecule has 0 bridgehead atoms. The van der Waals surface area contributed by atoms with Gasteiger partial charge in [0.05, 0.1) is 0 Å². The SMILES string of the molecule is Cc1cccc(C(=O)N[C@H](C(=O)OCC(=O)NCCCSc2ccccc2)C(C)C)c1. The normalized spacial score (nSPS) is 11.6. The summed E-state index contributed by atoms with van der Waals surface area (Å²) in [5.74, 6) is -0.625. The van der Waals surface area contributed by atoms with Crippen molar-refractivity contribution < 1.29 is 19.1 Å². The highest BCUT2D eigenvalue weighted by molar-refractivity contribution is 7.99. The minimum atomic E-state index is -0.830. The molecule has 6 nitrogen and oxygen atoms in total. The highest BCUT2D eigenvalue weighted by Gasteiger charge is 2.26. The summed E-state index contributed by atoms with van der Waals surface area (Å²) < 4.78 is 5.14. The van der Waals surface area contributed by atoms with Crippen molar-refractivity contribution >= 4 is 29.5 Å². The molecular weight excluding hydrogens is 412 g/mol. The van der Waals surface area contributed by atoms with E-state index in [0.29, 0.717) is 12.1 Å². The molecular formula is C24H30N2O4S. The molecule has 0 saturated heterocycles. The predicted octanol–water partition coefficient (Wildman–Crippen LogP) is 3.59. The van der Waals surface area contributed by atoms with Gasteiger partial charge in [0.25, 0.3) is 11.8 Å². The molecule has 7 heteroatoms. The number of benzene rings is 2. The summed E-state index contributed by atoms with van der Waals surface area (Å²) in [7, 11) is 0. The Morgan fingerprint density at radius 1 is 1.03 bits per heavy atom. The van der Waals surface area contributed by atoms with Crippen LogP contribution in [0.4, 0.5) is 0 Å². The zero-order valence-electron chi connectivity index (χ0n) is 18.2. The van der Waals surface area contributed by atoms with E-state index in [2.05, 4.69) is 10.6 Å². The number of nitrogens with one attached hydrogen (secondary N) is 2. The number of ether oxygens (including phenoxy) is 1. The summed E-state index contributed by atoms with van der Waals surface area (Å²) in [6.45, 7) is 5.66. The van der Waals surface area contributed by atoms with Gasteiger partial charge in [0.2, 0.25) is 0 Å². The second kappa shape index (κ2) is 12.8. The molecule has 0 heterocycles. The van der Waals surface area contributed by atoms with Crippen LogP contribution in [0.15, 0.2) is 59.5 Å². The highest BCUT2D eigenvalue weighted by Crippen LogP contribution is 2.17. The zero-order valence-corrected chi connectivity index (χ0v) is 19.0. The Kier molecular flexibility index (Phi) is 10.1. The fourth-order valence-electron chi connectivity index (χ4n) is 2.79. The van der Waals surface area contributed by atoms with Crippen LogP contribution in [0.1, 0.15) is 36.2 Å². The number of thioether (sulfide) groups is 1. The van der Waals surface area contributed by atoms with Gasteiger partial charge in [0, 0.05) is 17.0 Å². The third kappa shape index (κ3) is 8.84. The van der Waals surface area contributed by atoms with E-state index in [4.69, 9.17) is 4.74 Å². The lowest BCUT2D eigenvalue weighted by atomic mass is 10.0. The fourth-order valence-corrected chi connectivity index (χ4v) is 3.67. The Morgan fingerprint density at radius 3 is 2.45 bits per heavy atom. The second-order valence-electron chi connectivity index (χ2n) is 7.54. The maximum absolute atomic E-state index is 12.5. The van der Waals surface area contributed by atoms with E-state index in [-0.39, 0.29) is 24.3 Å². The summed E-state index contributed by atoms with van der Waals surface area (Å²) in [5.41, 5.74) is 1.43. The van der Waals surface area contributed by atoms with Crippen LogP contribution < -0.4 is 10.6 Å². The monoisotopic (exact) mass is 442 g/mol. The van der Waals surface area contributed by atoms with Gasteiger partial charge in [-0.05, 0) is 49.3 Å². The van der Waals surface area contributed by atoms with Gasteiger partial charge in [-0.15, -0.1) is 11.8 Å². The van der Waals surface area contributed by atoms with Crippen molar-refractivity contribution in [2.45, 2.75) is 38.1 Å². The highest BCUT2D eigenvalue weighted by atomic mass is 32.2. The summed E-state index contributed by atoms with van der Waals surface area (Å²) in [5, 5.41) is 5.46. The van der Waals surface area contributed by atoms with Gasteiger partial charge < -0.3 is 15.4 Å². The maximum Gasteiger partial charge on any atom is 0.329 e. The van der Waals surface area contributed by atoms with Crippen molar-refractivity contribution in [2.24, 2.45) is 5.92 Å². The van der Waals surface area contributed by atoms with Crippen molar-refractivity contribution in [3.63, 3.8) is 0 Å². The smallest absolute Gasteiger partial charge is 0.329 e. The first-order valence-electron chi connectivity index (χ1n) is 10.4. The molecule has 0 radical (unpaired) electrons. The first-order chi connectivity index (χ1) is 14.9. The van der Waals surface area contributed by atoms with E-state index in [1.54, 1.807) is 30.0 Å². The van der Waals surface area contributed by atoms with Gasteiger partial charge in [-0.25, -0.2) is 4.79 Å². The maximum atomic E-state index is 12.5. The van der Waals surface area contributed by atoms with Crippen LogP contribution >= 0.6 is 11.8 Å². The van der Waals surface area contributed by atoms with Crippen molar-refractivity contribution in [3.05, 3.63) is 65.7 Å². The summed E-state index contributed by atoms with van der Waals surface area (Å²) in [4.78, 5) is 38.1. The van der Waals surface area contributed by atoms with Crippen LogP contribution in [0.25, 0.3) is 0 Å². The van der Waals surface area contributed by atoms with E-state index >= 15 is 0 Å². The summed E-state index contributed by atoms with van der Waals surface area (Å²) in [6, 6.07) is 16.3. The van der Waals surface area contributed by atoms with Crippen molar-refractivity contribution in [1.82, 2.24) is 10.6 Å². The molecule has 2 N–H and O–H groups in total. The first-order valence-corrected chi connectivity index (χ1v) is 11.3. The molecule has 2 rings (SSSR count). The van der Waals surface area contributed by atoms with Crippen LogP contribution in [0, 0.1) is 12.8 Å². The molecule has 0 saturated carbocycles. The Balaban J connectivity index is 1.71. The largest absolute Gasteiger partial charge is 0.454 e. The number of carbonyl (C=O) groups is 3. The van der Waals surface area contributed by atoms with Crippen LogP contribution in [-0.2, 0) is 14.3 Å². The predicted molar refractivity (Wildman–Crippen MR) is 123 cm³/mol. The Labute approximate surface area is 188 Å². The molecule has 31 heavy (non-hydrogen) atoms. The molecule has 0 aliphatic carbocycles. The minimum Gasteiger partial charge on any atom is -0.454 e. The van der Waals surface area contributed by atoms with E-state index in [1.165, 1.54) is 4.90 Å². The Bertz CT molecular complexity index is 871. The molecule has 0 unspecified atom stereocenters. The number of esters is 1. The number of hydrogen-bond acceptors (Lipinski definition) is 5. The fraction of sp³-hybridized carbons (Fsp3) is 0.375. The molecule has 2 amide bonds. The Hall–Kier alpha value is -2.80. The van der Waals surface area contributed by atoms with Crippen molar-refractivity contribution in [2.75, 3.05) is 18.9 Å². The molecule has 2 aromatic rings. The van der Waals surface area contributed by atoms with Gasteiger partial charge in [0.15, 0.2) is 6.61 Å². The van der Waals surface area contributed by atoms with E-state index in [1.807, 2.05) is 57.2 Å². The van der Waals surface area contributed by atoms with Gasteiger partial charge in [-0.2, -0.15) is 0 Å². The standard InChI is InChI=1S/C24H30N2O4S/c1-17(2)22(26-23(28)19-10-7-9-18(3)15-19)24(29)30-16-21(27)25-13-8-14-31-20-11-5-4-6-12-20/h4-7,9-12,15,17,22H,8,13-14,16H2,1-3H3,(H,25,27)(H,26,28)/t22-/m0/s1. The van der Waals surface area contributed by atoms with Gasteiger partial charge in [-0.1, -0.05) is 49.7 Å². The number of aryl methyl sites for hydroxylation is 1. The first kappa shape index (κ1) is 24.5. The molecule has 0 aliphatic rings. The Morgan fingerprint density at radius 2 is 1.77 bits per heavy atom. The lowest BCUT2D eigenvalue weighted by Gasteiger charge is -2.21. The molecule has 2 aromatic carbocycles.